The van der Waals surface area contributed by atoms with Crippen LogP contribution in [0.1, 0.15) is 13.3 Å². The predicted molar refractivity (Wildman–Crippen MR) is 64.3 cm³/mol. The van der Waals surface area contributed by atoms with Gasteiger partial charge in [-0.05, 0) is 30.3 Å². The molecule has 2 rings (SSSR count). The molecular weight excluding hydrogens is 262 g/mol. The highest BCUT2D eigenvalue weighted by molar-refractivity contribution is 7.99. The van der Waals surface area contributed by atoms with E-state index in [0.29, 0.717) is 21.9 Å². The van der Waals surface area contributed by atoms with Gasteiger partial charge in [0.05, 0.1) is 0 Å². The molecule has 0 spiro atoms. The number of hydrogen-bond donors (Lipinski definition) is 1. The van der Waals surface area contributed by atoms with Crippen LogP contribution in [0.2, 0.25) is 5.15 Å². The number of halogens is 1. The molecule has 0 aromatic carbocycles. The SMILES string of the molecule is CCCn1c(Sc2ccc(Cl)nn2)n[nH]c1=O. The number of H-pyrrole nitrogens is 1. The maximum Gasteiger partial charge on any atom is 0.343 e. The summed E-state index contributed by atoms with van der Waals surface area (Å²) in [5, 5.41) is 15.5. The summed E-state index contributed by atoms with van der Waals surface area (Å²) in [6.07, 6.45) is 0.860. The second-order valence-corrected chi connectivity index (χ2v) is 4.63. The minimum atomic E-state index is -0.212. The second-order valence-electron chi connectivity index (χ2n) is 3.26. The average Bonchev–Trinajstić information content (AvgIpc) is 2.65. The Morgan fingerprint density at radius 3 is 2.94 bits per heavy atom. The summed E-state index contributed by atoms with van der Waals surface area (Å²) in [6.45, 7) is 2.62. The lowest BCUT2D eigenvalue weighted by Crippen LogP contribution is -2.17. The Hall–Kier alpha value is -1.34. The zero-order chi connectivity index (χ0) is 12.3. The molecule has 1 N–H and O–H groups in total. The highest BCUT2D eigenvalue weighted by Gasteiger charge is 2.10. The summed E-state index contributed by atoms with van der Waals surface area (Å²) in [6, 6.07) is 3.38. The minimum Gasteiger partial charge on any atom is -0.270 e. The maximum absolute atomic E-state index is 11.4. The van der Waals surface area contributed by atoms with E-state index in [4.69, 9.17) is 11.6 Å². The molecule has 0 unspecified atom stereocenters. The van der Waals surface area contributed by atoms with Crippen LogP contribution in [0.4, 0.5) is 0 Å². The van der Waals surface area contributed by atoms with Crippen LogP contribution in [-0.4, -0.2) is 25.0 Å². The molecule has 0 amide bonds. The second kappa shape index (κ2) is 5.33. The van der Waals surface area contributed by atoms with E-state index in [1.54, 1.807) is 16.7 Å². The van der Waals surface area contributed by atoms with E-state index in [-0.39, 0.29) is 5.69 Å². The van der Waals surface area contributed by atoms with Gasteiger partial charge in [-0.25, -0.2) is 9.89 Å². The van der Waals surface area contributed by atoms with Crippen molar-refractivity contribution in [3.8, 4) is 0 Å². The first-order chi connectivity index (χ1) is 8.20. The van der Waals surface area contributed by atoms with Crippen molar-refractivity contribution in [2.24, 2.45) is 0 Å². The third kappa shape index (κ3) is 2.86. The van der Waals surface area contributed by atoms with Crippen molar-refractivity contribution in [3.05, 3.63) is 27.8 Å². The maximum atomic E-state index is 11.4. The predicted octanol–water partition coefficient (Wildman–Crippen LogP) is 1.58. The largest absolute Gasteiger partial charge is 0.343 e. The number of hydrogen-bond acceptors (Lipinski definition) is 5. The smallest absolute Gasteiger partial charge is 0.270 e. The van der Waals surface area contributed by atoms with Crippen molar-refractivity contribution < 1.29 is 0 Å². The van der Waals surface area contributed by atoms with Crippen molar-refractivity contribution in [1.29, 1.82) is 0 Å². The van der Waals surface area contributed by atoms with Crippen LogP contribution < -0.4 is 5.69 Å². The monoisotopic (exact) mass is 271 g/mol. The normalized spacial score (nSPS) is 10.7. The molecule has 0 aliphatic heterocycles. The fourth-order valence-corrected chi connectivity index (χ4v) is 2.13. The zero-order valence-electron chi connectivity index (χ0n) is 9.05. The highest BCUT2D eigenvalue weighted by Crippen LogP contribution is 2.22. The first kappa shape index (κ1) is 12.1. The van der Waals surface area contributed by atoms with Gasteiger partial charge < -0.3 is 0 Å². The molecular formula is C9H10ClN5OS. The molecule has 0 radical (unpaired) electrons. The molecule has 2 aromatic rings. The van der Waals surface area contributed by atoms with Crippen LogP contribution in [0.15, 0.2) is 27.1 Å². The molecule has 0 saturated carbocycles. The molecule has 6 nitrogen and oxygen atoms in total. The van der Waals surface area contributed by atoms with Gasteiger partial charge in [0.25, 0.3) is 0 Å². The fourth-order valence-electron chi connectivity index (χ4n) is 1.25. The number of aromatic nitrogens is 5. The van der Waals surface area contributed by atoms with Gasteiger partial charge in [0.15, 0.2) is 10.3 Å². The molecule has 2 aromatic heterocycles. The molecule has 0 fully saturated rings. The van der Waals surface area contributed by atoms with E-state index in [2.05, 4.69) is 20.4 Å². The van der Waals surface area contributed by atoms with E-state index in [1.807, 2.05) is 6.92 Å². The van der Waals surface area contributed by atoms with Gasteiger partial charge in [0.1, 0.15) is 5.03 Å². The summed E-state index contributed by atoms with van der Waals surface area (Å²) in [5.74, 6) is 0. The van der Waals surface area contributed by atoms with Gasteiger partial charge >= 0.3 is 5.69 Å². The molecule has 2 heterocycles. The first-order valence-corrected chi connectivity index (χ1v) is 6.22. The molecule has 0 saturated heterocycles. The van der Waals surface area contributed by atoms with Gasteiger partial charge in [0, 0.05) is 6.54 Å². The summed E-state index contributed by atoms with van der Waals surface area (Å²) in [7, 11) is 0. The van der Waals surface area contributed by atoms with Crippen molar-refractivity contribution in [2.45, 2.75) is 30.1 Å². The molecule has 0 bridgehead atoms. The summed E-state index contributed by atoms with van der Waals surface area (Å²) in [4.78, 5) is 11.4. The third-order valence-electron chi connectivity index (χ3n) is 1.97. The number of nitrogens with zero attached hydrogens (tertiary/aromatic N) is 4. The van der Waals surface area contributed by atoms with Gasteiger partial charge in [-0.1, -0.05) is 18.5 Å². The van der Waals surface area contributed by atoms with Crippen LogP contribution in [0.25, 0.3) is 0 Å². The summed E-state index contributed by atoms with van der Waals surface area (Å²) in [5.41, 5.74) is -0.212. The lowest BCUT2D eigenvalue weighted by molar-refractivity contribution is 0.603. The average molecular weight is 272 g/mol. The van der Waals surface area contributed by atoms with E-state index in [0.717, 1.165) is 6.42 Å². The zero-order valence-corrected chi connectivity index (χ0v) is 10.6. The van der Waals surface area contributed by atoms with E-state index in [9.17, 15) is 4.79 Å². The van der Waals surface area contributed by atoms with Crippen LogP contribution in [-0.2, 0) is 6.54 Å². The lowest BCUT2D eigenvalue weighted by atomic mass is 10.5. The summed E-state index contributed by atoms with van der Waals surface area (Å²) >= 11 is 6.91. The Morgan fingerprint density at radius 1 is 1.47 bits per heavy atom. The molecule has 90 valence electrons. The van der Waals surface area contributed by atoms with Crippen molar-refractivity contribution in [3.63, 3.8) is 0 Å². The van der Waals surface area contributed by atoms with Crippen molar-refractivity contribution >= 4 is 23.4 Å². The Balaban J connectivity index is 2.23. The van der Waals surface area contributed by atoms with Gasteiger partial charge in [0.2, 0.25) is 0 Å². The van der Waals surface area contributed by atoms with Crippen LogP contribution in [0.3, 0.4) is 0 Å². The van der Waals surface area contributed by atoms with E-state index < -0.39 is 0 Å². The standard InChI is InChI=1S/C9H10ClN5OS/c1-2-5-15-8(16)13-14-9(15)17-7-4-3-6(10)11-12-7/h3-4H,2,5H2,1H3,(H,13,16). The Bertz CT molecular complexity index is 549. The molecule has 0 aliphatic carbocycles. The number of nitrogens with one attached hydrogen (secondary N) is 1. The van der Waals surface area contributed by atoms with Crippen LogP contribution >= 0.6 is 23.4 Å². The molecule has 17 heavy (non-hydrogen) atoms. The molecule has 0 aliphatic rings. The van der Waals surface area contributed by atoms with Gasteiger partial charge in [-0.15, -0.1) is 15.3 Å². The highest BCUT2D eigenvalue weighted by atomic mass is 35.5. The van der Waals surface area contributed by atoms with Gasteiger partial charge in [-0.3, -0.25) is 4.57 Å². The molecule has 8 heteroatoms. The van der Waals surface area contributed by atoms with E-state index >= 15 is 0 Å². The lowest BCUT2D eigenvalue weighted by Gasteiger charge is -2.02. The Kier molecular flexibility index (Phi) is 3.80. The minimum absolute atomic E-state index is 0.212. The Morgan fingerprint density at radius 2 is 2.29 bits per heavy atom. The van der Waals surface area contributed by atoms with Gasteiger partial charge in [-0.2, -0.15) is 0 Å². The molecule has 0 atom stereocenters. The summed E-state index contributed by atoms with van der Waals surface area (Å²) < 4.78 is 1.57. The van der Waals surface area contributed by atoms with Crippen LogP contribution in [0.5, 0.6) is 0 Å². The third-order valence-corrected chi connectivity index (χ3v) is 3.10. The first-order valence-electron chi connectivity index (χ1n) is 5.03. The fraction of sp³-hybridized carbons (Fsp3) is 0.333. The van der Waals surface area contributed by atoms with E-state index in [1.165, 1.54) is 11.8 Å². The number of aromatic amines is 1. The quantitative estimate of drug-likeness (QED) is 0.913. The topological polar surface area (TPSA) is 76.5 Å². The van der Waals surface area contributed by atoms with Crippen molar-refractivity contribution in [2.75, 3.05) is 0 Å². The van der Waals surface area contributed by atoms with Crippen LogP contribution in [0, 0.1) is 0 Å². The van der Waals surface area contributed by atoms with Crippen molar-refractivity contribution in [1.82, 2.24) is 25.0 Å². The number of rotatable bonds is 4. The Labute approximate surface area is 106 Å².